The molecule has 9 heteroatoms. The second-order valence-electron chi connectivity index (χ2n) is 8.98. The number of carbonyl (C=O) groups excluding carboxylic acids is 2. The van der Waals surface area contributed by atoms with Crippen molar-refractivity contribution < 1.29 is 18.0 Å². The first-order valence-corrected chi connectivity index (χ1v) is 13.3. The van der Waals surface area contributed by atoms with Crippen molar-refractivity contribution in [2.24, 2.45) is 11.7 Å². The summed E-state index contributed by atoms with van der Waals surface area (Å²) < 4.78 is 26.9. The molecule has 4 rings (SSSR count). The second-order valence-corrected chi connectivity index (χ2v) is 10.9. The fraction of sp³-hybridized carbons (Fsp3) is 0.440. The number of aryl methyl sites for hydroxylation is 1. The molecule has 0 atom stereocenters. The third-order valence-corrected chi connectivity index (χ3v) is 8.60. The van der Waals surface area contributed by atoms with E-state index in [-0.39, 0.29) is 24.2 Å². The molecule has 0 saturated carbocycles. The summed E-state index contributed by atoms with van der Waals surface area (Å²) in [5.74, 6) is -0.439. The Labute approximate surface area is 201 Å². The van der Waals surface area contributed by atoms with Crippen LogP contribution in [0.4, 0.5) is 11.4 Å². The zero-order chi connectivity index (χ0) is 24.1. The van der Waals surface area contributed by atoms with Crippen molar-refractivity contribution in [1.82, 2.24) is 4.31 Å². The predicted molar refractivity (Wildman–Crippen MR) is 132 cm³/mol. The molecular formula is C25H32N4O4S. The molecule has 0 unspecified atom stereocenters. The van der Waals surface area contributed by atoms with E-state index in [1.807, 2.05) is 24.3 Å². The Kier molecular flexibility index (Phi) is 7.53. The lowest BCUT2D eigenvalue weighted by Crippen LogP contribution is -2.38. The van der Waals surface area contributed by atoms with Gasteiger partial charge in [-0.3, -0.25) is 9.59 Å². The second kappa shape index (κ2) is 10.6. The van der Waals surface area contributed by atoms with Crippen molar-refractivity contribution >= 4 is 33.2 Å². The Morgan fingerprint density at radius 2 is 1.59 bits per heavy atom. The van der Waals surface area contributed by atoms with Gasteiger partial charge in [0.05, 0.1) is 16.3 Å². The van der Waals surface area contributed by atoms with Crippen molar-refractivity contribution in [2.75, 3.05) is 36.4 Å². The monoisotopic (exact) mass is 484 g/mol. The van der Waals surface area contributed by atoms with E-state index in [1.165, 1.54) is 4.31 Å². The maximum atomic E-state index is 12.7. The molecule has 0 spiro atoms. The van der Waals surface area contributed by atoms with Crippen LogP contribution in [-0.2, 0) is 26.0 Å². The molecular weight excluding hydrogens is 452 g/mol. The molecule has 8 nitrogen and oxygen atoms in total. The van der Waals surface area contributed by atoms with Gasteiger partial charge in [0.15, 0.2) is 0 Å². The van der Waals surface area contributed by atoms with Gasteiger partial charge in [-0.05, 0) is 61.9 Å². The molecule has 2 fully saturated rings. The summed E-state index contributed by atoms with van der Waals surface area (Å²) in [6.07, 6.45) is 4.03. The van der Waals surface area contributed by atoms with Crippen molar-refractivity contribution in [3.63, 3.8) is 0 Å². The van der Waals surface area contributed by atoms with E-state index in [9.17, 15) is 18.0 Å². The average Bonchev–Trinajstić information content (AvgIpc) is 3.40. The minimum Gasteiger partial charge on any atom is -0.370 e. The Morgan fingerprint density at radius 1 is 0.941 bits per heavy atom. The van der Waals surface area contributed by atoms with Crippen LogP contribution in [-0.4, -0.2) is 50.7 Å². The van der Waals surface area contributed by atoms with Crippen LogP contribution in [0.5, 0.6) is 0 Å². The zero-order valence-corrected chi connectivity index (χ0v) is 20.1. The third-order valence-electron chi connectivity index (χ3n) is 6.68. The summed E-state index contributed by atoms with van der Waals surface area (Å²) in [5, 5.41) is 3.01. The molecule has 0 radical (unpaired) electrons. The predicted octanol–water partition coefficient (Wildman–Crippen LogP) is 2.74. The lowest BCUT2D eigenvalue weighted by molar-refractivity contribution is -0.122. The number of anilines is 2. The van der Waals surface area contributed by atoms with E-state index in [0.29, 0.717) is 50.3 Å². The maximum Gasteiger partial charge on any atom is 0.243 e. The number of piperidine rings is 1. The number of nitrogens with zero attached hydrogens (tertiary/aromatic N) is 2. The molecule has 2 amide bonds. The van der Waals surface area contributed by atoms with Gasteiger partial charge in [0.25, 0.3) is 0 Å². The summed E-state index contributed by atoms with van der Waals surface area (Å²) >= 11 is 0. The molecule has 34 heavy (non-hydrogen) atoms. The first-order chi connectivity index (χ1) is 16.3. The summed E-state index contributed by atoms with van der Waals surface area (Å²) in [7, 11) is -3.43. The van der Waals surface area contributed by atoms with E-state index in [1.54, 1.807) is 24.3 Å². The van der Waals surface area contributed by atoms with Gasteiger partial charge >= 0.3 is 0 Å². The average molecular weight is 485 g/mol. The van der Waals surface area contributed by atoms with Gasteiger partial charge < -0.3 is 16.0 Å². The normalized spacial score (nSPS) is 17.6. The number of carbonyl (C=O) groups is 2. The summed E-state index contributed by atoms with van der Waals surface area (Å²) in [6, 6.07) is 14.5. The molecule has 2 heterocycles. The van der Waals surface area contributed by atoms with Gasteiger partial charge in [-0.1, -0.05) is 24.3 Å². The Bertz CT molecular complexity index is 1120. The fourth-order valence-electron chi connectivity index (χ4n) is 4.64. The highest BCUT2D eigenvalue weighted by molar-refractivity contribution is 7.89. The number of para-hydroxylation sites is 2. The maximum absolute atomic E-state index is 12.7. The molecule has 2 aliphatic heterocycles. The largest absolute Gasteiger partial charge is 0.370 e. The number of nitrogens with one attached hydrogen (secondary N) is 1. The summed E-state index contributed by atoms with van der Waals surface area (Å²) in [4.78, 5) is 26.6. The number of nitrogens with two attached hydrogens (primary N) is 1. The Hall–Kier alpha value is -2.91. The van der Waals surface area contributed by atoms with Crippen molar-refractivity contribution in [1.29, 1.82) is 0 Å². The minimum absolute atomic E-state index is 0.0882. The number of hydrogen-bond donors (Lipinski definition) is 2. The third kappa shape index (κ3) is 5.59. The molecule has 182 valence electrons. The summed E-state index contributed by atoms with van der Waals surface area (Å²) in [6.45, 7) is 2.59. The molecule has 3 N–H and O–H groups in total. The first-order valence-electron chi connectivity index (χ1n) is 11.9. The number of primary amides is 1. The number of hydrogen-bond acceptors (Lipinski definition) is 5. The van der Waals surface area contributed by atoms with Gasteiger partial charge in [0.2, 0.25) is 21.8 Å². The van der Waals surface area contributed by atoms with Gasteiger partial charge in [-0.15, -0.1) is 0 Å². The smallest absolute Gasteiger partial charge is 0.243 e. The minimum atomic E-state index is -3.43. The van der Waals surface area contributed by atoms with E-state index in [4.69, 9.17) is 5.73 Å². The first kappa shape index (κ1) is 24.2. The highest BCUT2D eigenvalue weighted by atomic mass is 32.2. The van der Waals surface area contributed by atoms with Crippen molar-refractivity contribution in [3.05, 3.63) is 54.1 Å². The van der Waals surface area contributed by atoms with Crippen LogP contribution in [0.3, 0.4) is 0 Å². The SMILES string of the molecule is NC(=O)C1CCN(c2ccccc2NC(=O)CCc2ccc(S(=O)(=O)N3CCCC3)cc2)CC1. The van der Waals surface area contributed by atoms with E-state index in [0.717, 1.165) is 29.8 Å². The van der Waals surface area contributed by atoms with Crippen LogP contribution in [0, 0.1) is 5.92 Å². The molecule has 2 aromatic carbocycles. The van der Waals surface area contributed by atoms with Crippen LogP contribution < -0.4 is 16.0 Å². The van der Waals surface area contributed by atoms with Gasteiger partial charge in [-0.25, -0.2) is 8.42 Å². The quantitative estimate of drug-likeness (QED) is 0.598. The Balaban J connectivity index is 1.33. The van der Waals surface area contributed by atoms with Crippen LogP contribution in [0.25, 0.3) is 0 Å². The number of rotatable bonds is 8. The molecule has 0 aliphatic carbocycles. The van der Waals surface area contributed by atoms with E-state index in [2.05, 4.69) is 10.2 Å². The van der Waals surface area contributed by atoms with E-state index < -0.39 is 10.0 Å². The van der Waals surface area contributed by atoms with Crippen LogP contribution in [0.15, 0.2) is 53.4 Å². The number of benzene rings is 2. The lowest BCUT2D eigenvalue weighted by Gasteiger charge is -2.33. The van der Waals surface area contributed by atoms with Crippen LogP contribution in [0.1, 0.15) is 37.7 Å². The van der Waals surface area contributed by atoms with Gasteiger partial charge in [-0.2, -0.15) is 4.31 Å². The highest BCUT2D eigenvalue weighted by Crippen LogP contribution is 2.30. The molecule has 0 bridgehead atoms. The topological polar surface area (TPSA) is 113 Å². The molecule has 2 saturated heterocycles. The van der Waals surface area contributed by atoms with Gasteiger partial charge in [0.1, 0.15) is 0 Å². The number of sulfonamides is 1. The van der Waals surface area contributed by atoms with Crippen LogP contribution >= 0.6 is 0 Å². The van der Waals surface area contributed by atoms with Gasteiger partial charge in [0, 0.05) is 38.5 Å². The highest BCUT2D eigenvalue weighted by Gasteiger charge is 2.27. The zero-order valence-electron chi connectivity index (χ0n) is 19.3. The summed E-state index contributed by atoms with van der Waals surface area (Å²) in [5.41, 5.74) is 8.04. The lowest BCUT2D eigenvalue weighted by atomic mass is 9.96. The fourth-order valence-corrected chi connectivity index (χ4v) is 6.15. The number of amides is 2. The molecule has 2 aliphatic rings. The van der Waals surface area contributed by atoms with E-state index >= 15 is 0 Å². The Morgan fingerprint density at radius 3 is 2.24 bits per heavy atom. The van der Waals surface area contributed by atoms with Crippen molar-refractivity contribution in [2.45, 2.75) is 43.4 Å². The van der Waals surface area contributed by atoms with Crippen LogP contribution in [0.2, 0.25) is 0 Å². The molecule has 0 aromatic heterocycles. The standard InChI is InChI=1S/C25H32N4O4S/c26-25(31)20-13-17-28(18-14-20)23-6-2-1-5-22(23)27-24(30)12-9-19-7-10-21(11-8-19)34(32,33)29-15-3-4-16-29/h1-2,5-8,10-11,20H,3-4,9,12-18H2,(H2,26,31)(H,27,30). The molecule has 2 aromatic rings. The van der Waals surface area contributed by atoms with Crippen molar-refractivity contribution in [3.8, 4) is 0 Å².